The van der Waals surface area contributed by atoms with Gasteiger partial charge in [0.05, 0.1) is 11.1 Å². The molecular formula is C24H24O4. The summed E-state index contributed by atoms with van der Waals surface area (Å²) >= 11 is 0. The largest absolute Gasteiger partial charge is 0.454 e. The molecule has 0 amide bonds. The van der Waals surface area contributed by atoms with Crippen LogP contribution in [0.3, 0.4) is 0 Å². The van der Waals surface area contributed by atoms with E-state index < -0.39 is 12.2 Å². The molecule has 144 valence electrons. The highest BCUT2D eigenvalue weighted by Gasteiger charge is 2.55. The lowest BCUT2D eigenvalue weighted by atomic mass is 9.57. The fourth-order valence-electron chi connectivity index (χ4n) is 4.55. The maximum Gasteiger partial charge on any atom is 0.338 e. The van der Waals surface area contributed by atoms with Gasteiger partial charge in [0.1, 0.15) is 12.2 Å². The van der Waals surface area contributed by atoms with Gasteiger partial charge in [-0.15, -0.1) is 6.58 Å². The molecule has 2 aromatic carbocycles. The first kappa shape index (κ1) is 18.5. The Labute approximate surface area is 165 Å². The lowest BCUT2D eigenvalue weighted by molar-refractivity contribution is -0.147. The zero-order chi connectivity index (χ0) is 19.6. The molecule has 4 heteroatoms. The topological polar surface area (TPSA) is 52.6 Å². The molecule has 2 aromatic rings. The minimum Gasteiger partial charge on any atom is -0.454 e. The quantitative estimate of drug-likeness (QED) is 0.555. The van der Waals surface area contributed by atoms with Crippen molar-refractivity contribution in [1.82, 2.24) is 0 Å². The van der Waals surface area contributed by atoms with E-state index >= 15 is 0 Å². The van der Waals surface area contributed by atoms with Gasteiger partial charge >= 0.3 is 11.9 Å². The summed E-state index contributed by atoms with van der Waals surface area (Å²) in [5.74, 6) is -0.568. The average Bonchev–Trinajstić information content (AvgIpc) is 2.77. The van der Waals surface area contributed by atoms with Crippen molar-refractivity contribution in [3.8, 4) is 0 Å². The second-order valence-electron chi connectivity index (χ2n) is 7.70. The van der Waals surface area contributed by atoms with Gasteiger partial charge in [0.25, 0.3) is 0 Å². The standard InChI is InChI=1S/C24H24O4/c1-2-24-15-13-17(14-16-24)20(27-22(25)18-9-5-3-6-10-18)21(24)28-23(26)19-11-7-4-8-12-19/h2-12,17,20-21H,1,13-16H2. The van der Waals surface area contributed by atoms with E-state index in [2.05, 4.69) is 6.58 Å². The molecular weight excluding hydrogens is 352 g/mol. The predicted octanol–water partition coefficient (Wildman–Crippen LogP) is 4.81. The number of carbonyl (C=O) groups is 2. The Kier molecular flexibility index (Phi) is 5.03. The van der Waals surface area contributed by atoms with Gasteiger partial charge in [0.2, 0.25) is 0 Å². The maximum atomic E-state index is 12.8. The Morgan fingerprint density at radius 1 is 0.857 bits per heavy atom. The van der Waals surface area contributed by atoms with Gasteiger partial charge in [-0.1, -0.05) is 42.5 Å². The monoisotopic (exact) mass is 376 g/mol. The molecule has 0 saturated heterocycles. The summed E-state index contributed by atoms with van der Waals surface area (Å²) in [6.45, 7) is 4.02. The lowest BCUT2D eigenvalue weighted by Gasteiger charge is -2.53. The van der Waals surface area contributed by atoms with E-state index in [0.717, 1.165) is 25.7 Å². The first-order valence-electron chi connectivity index (χ1n) is 9.79. The average molecular weight is 376 g/mol. The van der Waals surface area contributed by atoms with Crippen LogP contribution in [0.4, 0.5) is 0 Å². The normalized spacial score (nSPS) is 28.4. The van der Waals surface area contributed by atoms with Gasteiger partial charge in [-0.05, 0) is 55.9 Å². The van der Waals surface area contributed by atoms with Crippen molar-refractivity contribution in [2.24, 2.45) is 11.3 Å². The Hall–Kier alpha value is -2.88. The number of fused-ring (bicyclic) bond motifs is 3. The summed E-state index contributed by atoms with van der Waals surface area (Å²) in [6, 6.07) is 17.9. The fraction of sp³-hybridized carbons (Fsp3) is 0.333. The molecule has 5 rings (SSSR count). The van der Waals surface area contributed by atoms with Gasteiger partial charge in [-0.25, -0.2) is 9.59 Å². The number of hydrogen-bond donors (Lipinski definition) is 0. The zero-order valence-corrected chi connectivity index (χ0v) is 15.8. The Balaban J connectivity index is 1.60. The predicted molar refractivity (Wildman–Crippen MR) is 106 cm³/mol. The van der Waals surface area contributed by atoms with Crippen LogP contribution in [-0.2, 0) is 9.47 Å². The van der Waals surface area contributed by atoms with E-state index in [9.17, 15) is 9.59 Å². The van der Waals surface area contributed by atoms with E-state index in [1.54, 1.807) is 36.4 Å². The summed E-state index contributed by atoms with van der Waals surface area (Å²) < 4.78 is 11.9. The number of rotatable bonds is 5. The molecule has 0 spiro atoms. The van der Waals surface area contributed by atoms with Crippen LogP contribution in [0.2, 0.25) is 0 Å². The first-order valence-corrected chi connectivity index (χ1v) is 9.79. The fourth-order valence-corrected chi connectivity index (χ4v) is 4.55. The van der Waals surface area contributed by atoms with Crippen molar-refractivity contribution in [3.05, 3.63) is 84.4 Å². The van der Waals surface area contributed by atoms with Crippen molar-refractivity contribution >= 4 is 11.9 Å². The van der Waals surface area contributed by atoms with Crippen LogP contribution in [0, 0.1) is 11.3 Å². The molecule has 28 heavy (non-hydrogen) atoms. The number of carbonyl (C=O) groups excluding carboxylic acids is 2. The van der Waals surface area contributed by atoms with Crippen molar-refractivity contribution in [2.75, 3.05) is 0 Å². The summed E-state index contributed by atoms with van der Waals surface area (Å²) in [6.07, 6.45) is 4.60. The van der Waals surface area contributed by atoms with E-state index in [-0.39, 0.29) is 23.3 Å². The Morgan fingerprint density at radius 3 is 1.86 bits per heavy atom. The number of esters is 2. The summed E-state index contributed by atoms with van der Waals surface area (Å²) in [7, 11) is 0. The van der Waals surface area contributed by atoms with Crippen molar-refractivity contribution in [2.45, 2.75) is 37.9 Å². The number of benzene rings is 2. The molecule has 0 radical (unpaired) electrons. The van der Waals surface area contributed by atoms with Crippen molar-refractivity contribution in [1.29, 1.82) is 0 Å². The second-order valence-corrected chi connectivity index (χ2v) is 7.70. The molecule has 3 aliphatic carbocycles. The van der Waals surface area contributed by atoms with E-state index in [4.69, 9.17) is 9.47 Å². The third-order valence-electron chi connectivity index (χ3n) is 6.19. The van der Waals surface area contributed by atoms with Crippen molar-refractivity contribution < 1.29 is 19.1 Å². The van der Waals surface area contributed by atoms with Gasteiger partial charge in [0.15, 0.2) is 0 Å². The maximum absolute atomic E-state index is 12.8. The number of hydrogen-bond acceptors (Lipinski definition) is 4. The summed E-state index contributed by atoms with van der Waals surface area (Å²) in [5, 5.41) is 0. The molecule has 2 bridgehead atoms. The molecule has 2 unspecified atom stereocenters. The molecule has 2 atom stereocenters. The SMILES string of the molecule is C=CC12CCC(CC1)C(OC(=O)c1ccccc1)C2OC(=O)c1ccccc1. The highest BCUT2D eigenvalue weighted by molar-refractivity contribution is 5.90. The van der Waals surface area contributed by atoms with Crippen LogP contribution in [0.1, 0.15) is 46.4 Å². The van der Waals surface area contributed by atoms with Crippen molar-refractivity contribution in [3.63, 3.8) is 0 Å². The highest BCUT2D eigenvalue weighted by Crippen LogP contribution is 2.53. The Morgan fingerprint density at radius 2 is 1.36 bits per heavy atom. The van der Waals surface area contributed by atoms with Gasteiger partial charge < -0.3 is 9.47 Å². The van der Waals surface area contributed by atoms with Gasteiger partial charge in [-0.3, -0.25) is 0 Å². The van der Waals surface area contributed by atoms with Crippen LogP contribution < -0.4 is 0 Å². The zero-order valence-electron chi connectivity index (χ0n) is 15.8. The molecule has 0 heterocycles. The molecule has 4 nitrogen and oxygen atoms in total. The third-order valence-corrected chi connectivity index (χ3v) is 6.19. The van der Waals surface area contributed by atoms with Gasteiger partial charge in [-0.2, -0.15) is 0 Å². The van der Waals surface area contributed by atoms with Crippen LogP contribution in [-0.4, -0.2) is 24.1 Å². The third kappa shape index (κ3) is 3.35. The Bertz CT molecular complexity index is 851. The minimum absolute atomic E-state index is 0.197. The van der Waals surface area contributed by atoms with E-state index in [1.165, 1.54) is 0 Å². The molecule has 0 aromatic heterocycles. The van der Waals surface area contributed by atoms with Gasteiger partial charge in [0, 0.05) is 5.41 Å². The second kappa shape index (κ2) is 7.63. The first-order chi connectivity index (χ1) is 13.6. The van der Waals surface area contributed by atoms with E-state index in [0.29, 0.717) is 11.1 Å². The van der Waals surface area contributed by atoms with E-state index in [1.807, 2.05) is 30.3 Å². The number of ether oxygens (including phenoxy) is 2. The van der Waals surface area contributed by atoms with Crippen LogP contribution in [0.25, 0.3) is 0 Å². The smallest absolute Gasteiger partial charge is 0.338 e. The minimum atomic E-state index is -0.516. The molecule has 3 saturated carbocycles. The van der Waals surface area contributed by atoms with Crippen LogP contribution in [0.15, 0.2) is 73.3 Å². The summed E-state index contributed by atoms with van der Waals surface area (Å²) in [5.41, 5.74) is 0.655. The molecule has 0 N–H and O–H groups in total. The lowest BCUT2D eigenvalue weighted by Crippen LogP contribution is -2.57. The molecule has 0 aliphatic heterocycles. The van der Waals surface area contributed by atoms with Crippen LogP contribution >= 0.6 is 0 Å². The molecule has 3 fully saturated rings. The van der Waals surface area contributed by atoms with Crippen LogP contribution in [0.5, 0.6) is 0 Å². The highest BCUT2D eigenvalue weighted by atomic mass is 16.6. The molecule has 3 aliphatic rings. The summed E-state index contributed by atoms with van der Waals surface area (Å²) in [4.78, 5) is 25.4.